The van der Waals surface area contributed by atoms with Crippen LogP contribution in [0.2, 0.25) is 0 Å². The molecule has 0 saturated heterocycles. The molecule has 0 aliphatic rings. The molecule has 7 heteroatoms. The van der Waals surface area contributed by atoms with Crippen molar-refractivity contribution in [1.82, 2.24) is 9.88 Å². The van der Waals surface area contributed by atoms with E-state index in [1.54, 1.807) is 16.7 Å². The minimum Gasteiger partial charge on any atom is -0.476 e. The molecule has 0 aliphatic carbocycles. The maximum absolute atomic E-state index is 10.7. The highest BCUT2D eigenvalue weighted by molar-refractivity contribution is 9.10. The molecule has 2 aromatic rings. The van der Waals surface area contributed by atoms with Crippen LogP contribution in [0.25, 0.3) is 0 Å². The van der Waals surface area contributed by atoms with Crippen molar-refractivity contribution in [3.05, 3.63) is 36.9 Å². The fourth-order valence-corrected chi connectivity index (χ4v) is 3.85. The molecular weight excluding hydrogens is 336 g/mol. The van der Waals surface area contributed by atoms with Gasteiger partial charge < -0.3 is 5.11 Å². The number of hydrogen-bond donors (Lipinski definition) is 1. The van der Waals surface area contributed by atoms with Crippen LogP contribution in [-0.2, 0) is 13.1 Å². The van der Waals surface area contributed by atoms with Crippen LogP contribution in [0, 0.1) is 0 Å². The number of carboxylic acid groups (broad SMARTS) is 1. The maximum Gasteiger partial charge on any atom is 0.355 e. The summed E-state index contributed by atoms with van der Waals surface area (Å²) in [7, 11) is 2.00. The van der Waals surface area contributed by atoms with Gasteiger partial charge in [0.25, 0.3) is 0 Å². The lowest BCUT2D eigenvalue weighted by molar-refractivity contribution is 0.0691. The van der Waals surface area contributed by atoms with Gasteiger partial charge in [-0.05, 0) is 29.0 Å². The molecule has 4 nitrogen and oxygen atoms in total. The summed E-state index contributed by atoms with van der Waals surface area (Å²) in [6, 6.07) is 2.09. The zero-order valence-corrected chi connectivity index (χ0v) is 12.8. The number of nitrogens with zero attached hydrogens (tertiary/aromatic N) is 2. The summed E-state index contributed by atoms with van der Waals surface area (Å²) in [5, 5.41) is 13.2. The first kappa shape index (κ1) is 13.7. The Bertz CT molecular complexity index is 553. The highest BCUT2D eigenvalue weighted by Gasteiger charge is 2.10. The van der Waals surface area contributed by atoms with E-state index >= 15 is 0 Å². The third-order valence-corrected chi connectivity index (χ3v) is 4.74. The number of aromatic nitrogens is 1. The van der Waals surface area contributed by atoms with Gasteiger partial charge in [0.2, 0.25) is 0 Å². The van der Waals surface area contributed by atoms with Crippen molar-refractivity contribution in [2.45, 2.75) is 13.1 Å². The average molecular weight is 347 g/mol. The second-order valence-corrected chi connectivity index (χ2v) is 6.69. The van der Waals surface area contributed by atoms with Crippen LogP contribution in [0.1, 0.15) is 20.4 Å². The molecule has 2 heterocycles. The molecule has 2 rings (SSSR count). The van der Waals surface area contributed by atoms with Gasteiger partial charge >= 0.3 is 5.97 Å². The van der Waals surface area contributed by atoms with Crippen LogP contribution in [0.15, 0.2) is 21.3 Å². The lowest BCUT2D eigenvalue weighted by atomic mass is 10.4. The van der Waals surface area contributed by atoms with E-state index in [2.05, 4.69) is 37.3 Å². The van der Waals surface area contributed by atoms with E-state index in [9.17, 15) is 4.79 Å². The molecule has 0 bridgehead atoms. The van der Waals surface area contributed by atoms with Crippen molar-refractivity contribution in [2.75, 3.05) is 7.05 Å². The van der Waals surface area contributed by atoms with Crippen LogP contribution >= 0.6 is 38.6 Å². The quantitative estimate of drug-likeness (QED) is 0.902. The summed E-state index contributed by atoms with van der Waals surface area (Å²) in [5.74, 6) is -0.970. The first-order valence-corrected chi connectivity index (χ1v) is 7.69. The minimum absolute atomic E-state index is 0.127. The van der Waals surface area contributed by atoms with E-state index in [-0.39, 0.29) is 5.69 Å². The molecule has 0 atom stereocenters. The van der Waals surface area contributed by atoms with Gasteiger partial charge in [-0.3, -0.25) is 4.90 Å². The van der Waals surface area contributed by atoms with Crippen LogP contribution < -0.4 is 0 Å². The van der Waals surface area contributed by atoms with Crippen molar-refractivity contribution in [3.63, 3.8) is 0 Å². The average Bonchev–Trinajstić information content (AvgIpc) is 2.88. The molecule has 96 valence electrons. The second-order valence-electron chi connectivity index (χ2n) is 3.84. The Morgan fingerprint density at radius 3 is 2.78 bits per heavy atom. The third kappa shape index (κ3) is 3.61. The summed E-state index contributed by atoms with van der Waals surface area (Å²) in [5.41, 5.74) is 0.127. The molecule has 0 saturated carbocycles. The summed E-state index contributed by atoms with van der Waals surface area (Å²) >= 11 is 6.51. The summed E-state index contributed by atoms with van der Waals surface area (Å²) in [6.45, 7) is 1.49. The first-order chi connectivity index (χ1) is 8.54. The molecule has 0 unspecified atom stereocenters. The van der Waals surface area contributed by atoms with Gasteiger partial charge in [0, 0.05) is 26.7 Å². The third-order valence-electron chi connectivity index (χ3n) is 2.22. The summed E-state index contributed by atoms with van der Waals surface area (Å²) in [4.78, 5) is 18.2. The van der Waals surface area contributed by atoms with Crippen molar-refractivity contribution in [3.8, 4) is 0 Å². The van der Waals surface area contributed by atoms with Crippen LogP contribution in [0.4, 0.5) is 0 Å². The second kappa shape index (κ2) is 5.92. The van der Waals surface area contributed by atoms with Crippen molar-refractivity contribution in [1.29, 1.82) is 0 Å². The molecular formula is C11H11BrN2O2S2. The Morgan fingerprint density at radius 1 is 1.44 bits per heavy atom. The topological polar surface area (TPSA) is 53.4 Å². The summed E-state index contributed by atoms with van der Waals surface area (Å²) in [6.07, 6.45) is 0. The normalized spacial score (nSPS) is 11.1. The first-order valence-electron chi connectivity index (χ1n) is 5.14. The Balaban J connectivity index is 1.94. The number of thiazole rings is 1. The molecule has 2 aromatic heterocycles. The fraction of sp³-hybridized carbons (Fsp3) is 0.273. The molecule has 0 aromatic carbocycles. The predicted molar refractivity (Wildman–Crippen MR) is 76.3 cm³/mol. The van der Waals surface area contributed by atoms with Crippen molar-refractivity contribution < 1.29 is 9.90 Å². The highest BCUT2D eigenvalue weighted by atomic mass is 79.9. The zero-order valence-electron chi connectivity index (χ0n) is 9.59. The number of rotatable bonds is 5. The maximum atomic E-state index is 10.7. The minimum atomic E-state index is -0.970. The number of thiophene rings is 1. The molecule has 1 N–H and O–H groups in total. The van der Waals surface area contributed by atoms with E-state index in [4.69, 9.17) is 5.11 Å². The van der Waals surface area contributed by atoms with Gasteiger partial charge in [0.15, 0.2) is 5.69 Å². The molecule has 0 radical (unpaired) electrons. The van der Waals surface area contributed by atoms with Crippen molar-refractivity contribution in [2.24, 2.45) is 0 Å². The molecule has 0 spiro atoms. The van der Waals surface area contributed by atoms with Crippen molar-refractivity contribution >= 4 is 44.6 Å². The fourth-order valence-electron chi connectivity index (χ4n) is 1.47. The Hall–Kier alpha value is -0.760. The van der Waals surface area contributed by atoms with E-state index in [1.807, 2.05) is 7.05 Å². The Morgan fingerprint density at radius 2 is 2.22 bits per heavy atom. The van der Waals surface area contributed by atoms with Gasteiger partial charge in [-0.15, -0.1) is 22.7 Å². The van der Waals surface area contributed by atoms with E-state index < -0.39 is 5.97 Å². The number of carbonyl (C=O) groups is 1. The van der Waals surface area contributed by atoms with Gasteiger partial charge in [0.1, 0.15) is 5.01 Å². The van der Waals surface area contributed by atoms with Crippen LogP contribution in [0.3, 0.4) is 0 Å². The lowest BCUT2D eigenvalue weighted by Gasteiger charge is -2.13. The highest BCUT2D eigenvalue weighted by Crippen LogP contribution is 2.21. The molecule has 0 fully saturated rings. The zero-order chi connectivity index (χ0) is 13.1. The lowest BCUT2D eigenvalue weighted by Crippen LogP contribution is -2.16. The largest absolute Gasteiger partial charge is 0.476 e. The number of carboxylic acids is 1. The monoisotopic (exact) mass is 346 g/mol. The van der Waals surface area contributed by atoms with Crippen LogP contribution in [0.5, 0.6) is 0 Å². The van der Waals surface area contributed by atoms with Gasteiger partial charge in [0.05, 0.1) is 6.54 Å². The van der Waals surface area contributed by atoms with E-state index in [1.165, 1.54) is 16.2 Å². The van der Waals surface area contributed by atoms with E-state index in [0.717, 1.165) is 16.0 Å². The standard InChI is InChI=1S/C11H11BrN2O2S2/c1-14(3-8-2-7(12)5-17-8)4-10-13-9(6-18-10)11(15)16/h2,5-6H,3-4H2,1H3,(H,15,16). The molecule has 18 heavy (non-hydrogen) atoms. The number of aromatic carboxylic acids is 1. The molecule has 0 amide bonds. The van der Waals surface area contributed by atoms with Gasteiger partial charge in [-0.25, -0.2) is 9.78 Å². The van der Waals surface area contributed by atoms with E-state index in [0.29, 0.717) is 6.54 Å². The molecule has 0 aliphatic heterocycles. The smallest absolute Gasteiger partial charge is 0.355 e. The van der Waals surface area contributed by atoms with Gasteiger partial charge in [-0.2, -0.15) is 0 Å². The Labute approximate surface area is 121 Å². The van der Waals surface area contributed by atoms with Gasteiger partial charge in [-0.1, -0.05) is 0 Å². The Kier molecular flexibility index (Phi) is 4.50. The predicted octanol–water partition coefficient (Wildman–Crippen LogP) is 3.30. The number of hydrogen-bond acceptors (Lipinski definition) is 5. The number of halogens is 1. The summed E-state index contributed by atoms with van der Waals surface area (Å²) < 4.78 is 1.10. The van der Waals surface area contributed by atoms with Crippen LogP contribution in [-0.4, -0.2) is 28.0 Å². The SMILES string of the molecule is CN(Cc1cc(Br)cs1)Cc1nc(C(=O)O)cs1.